The first-order valence-electron chi connectivity index (χ1n) is 9.82. The third-order valence-electron chi connectivity index (χ3n) is 5.37. The molecule has 2 heterocycles. The Labute approximate surface area is 193 Å². The second-order valence-electron chi connectivity index (χ2n) is 7.66. The minimum absolute atomic E-state index is 0.0526. The van der Waals surface area contributed by atoms with Crippen molar-refractivity contribution in [2.75, 3.05) is 24.7 Å². The van der Waals surface area contributed by atoms with Gasteiger partial charge in [-0.3, -0.25) is 4.79 Å². The molecule has 1 saturated heterocycles. The number of halogens is 2. The number of benzene rings is 2. The number of amides is 1. The zero-order valence-electron chi connectivity index (χ0n) is 17.3. The molecule has 4 rings (SSSR count). The molecule has 0 spiro atoms. The highest BCUT2D eigenvalue weighted by Gasteiger charge is 2.32. The van der Waals surface area contributed by atoms with E-state index < -0.39 is 37.4 Å². The number of nitrogens with zero attached hydrogens (tertiary/aromatic N) is 2. The standard InChI is InChI=1S/C20H19F2N3O5S3/c1-32(27,28)13-3-5-17-18(11-13)31-20(23-17)24-19(26)12-6-8-25(9-7-12)33(29,30)14-2-4-15(21)16(22)10-14/h2-5,10-12H,6-9H2,1H3,(H,23,24,26). The van der Waals surface area contributed by atoms with Crippen molar-refractivity contribution in [1.82, 2.24) is 9.29 Å². The molecule has 1 fully saturated rings. The van der Waals surface area contributed by atoms with Gasteiger partial charge in [0.25, 0.3) is 0 Å². The molecule has 1 N–H and O–H groups in total. The van der Waals surface area contributed by atoms with Crippen LogP contribution in [0.25, 0.3) is 10.2 Å². The molecule has 8 nitrogen and oxygen atoms in total. The maximum absolute atomic E-state index is 13.5. The smallest absolute Gasteiger partial charge is 0.243 e. The van der Waals surface area contributed by atoms with E-state index in [0.29, 0.717) is 21.4 Å². The Hall–Kier alpha value is -2.48. The number of nitrogens with one attached hydrogen (secondary N) is 1. The van der Waals surface area contributed by atoms with Crippen molar-refractivity contribution in [3.8, 4) is 0 Å². The molecule has 1 aliphatic heterocycles. The largest absolute Gasteiger partial charge is 0.302 e. The highest BCUT2D eigenvalue weighted by atomic mass is 32.2. The van der Waals surface area contributed by atoms with E-state index in [2.05, 4.69) is 10.3 Å². The van der Waals surface area contributed by atoms with Gasteiger partial charge in [-0.25, -0.2) is 30.6 Å². The molecule has 0 radical (unpaired) electrons. The summed E-state index contributed by atoms with van der Waals surface area (Å²) in [5.74, 6) is -3.15. The monoisotopic (exact) mass is 515 g/mol. The number of piperidine rings is 1. The third-order valence-corrected chi connectivity index (χ3v) is 9.31. The molecule has 0 atom stereocenters. The molecule has 0 bridgehead atoms. The van der Waals surface area contributed by atoms with Gasteiger partial charge in [0.05, 0.1) is 20.0 Å². The van der Waals surface area contributed by atoms with Crippen LogP contribution in [0.3, 0.4) is 0 Å². The van der Waals surface area contributed by atoms with Crippen LogP contribution < -0.4 is 5.32 Å². The quantitative estimate of drug-likeness (QED) is 0.559. The SMILES string of the molecule is CS(=O)(=O)c1ccc2nc(NC(=O)C3CCN(S(=O)(=O)c4ccc(F)c(F)c4)CC3)sc2c1. The van der Waals surface area contributed by atoms with Crippen LogP contribution in [0.15, 0.2) is 46.2 Å². The summed E-state index contributed by atoms with van der Waals surface area (Å²) >= 11 is 1.14. The molecule has 0 aliphatic carbocycles. The maximum atomic E-state index is 13.5. The molecule has 176 valence electrons. The number of sulfone groups is 1. The van der Waals surface area contributed by atoms with Gasteiger partial charge in [-0.2, -0.15) is 4.31 Å². The zero-order valence-corrected chi connectivity index (χ0v) is 19.7. The predicted octanol–water partition coefficient (Wildman–Crippen LogP) is 3.02. The minimum Gasteiger partial charge on any atom is -0.302 e. The Morgan fingerprint density at radius 1 is 1.03 bits per heavy atom. The lowest BCUT2D eigenvalue weighted by Crippen LogP contribution is -2.41. The average molecular weight is 516 g/mol. The maximum Gasteiger partial charge on any atom is 0.243 e. The van der Waals surface area contributed by atoms with E-state index >= 15 is 0 Å². The molecule has 0 saturated carbocycles. The molecule has 1 aliphatic rings. The summed E-state index contributed by atoms with van der Waals surface area (Å²) in [4.78, 5) is 16.8. The normalized spacial score (nSPS) is 16.2. The van der Waals surface area contributed by atoms with E-state index in [9.17, 15) is 30.4 Å². The lowest BCUT2D eigenvalue weighted by atomic mass is 9.97. The number of anilines is 1. The van der Waals surface area contributed by atoms with Crippen molar-refractivity contribution in [2.24, 2.45) is 5.92 Å². The summed E-state index contributed by atoms with van der Waals surface area (Å²) < 4.78 is 77.2. The second kappa shape index (κ2) is 8.70. The van der Waals surface area contributed by atoms with Gasteiger partial charge in [0.1, 0.15) is 0 Å². The van der Waals surface area contributed by atoms with Crippen LogP contribution in [0.4, 0.5) is 13.9 Å². The Balaban J connectivity index is 1.42. The van der Waals surface area contributed by atoms with Gasteiger partial charge in [0.2, 0.25) is 15.9 Å². The number of fused-ring (bicyclic) bond motifs is 1. The van der Waals surface area contributed by atoms with Crippen molar-refractivity contribution in [3.05, 3.63) is 48.0 Å². The zero-order chi connectivity index (χ0) is 24.0. The molecular formula is C20H19F2N3O5S3. The van der Waals surface area contributed by atoms with E-state index in [4.69, 9.17) is 0 Å². The predicted molar refractivity (Wildman–Crippen MR) is 119 cm³/mol. The number of aromatic nitrogens is 1. The number of carbonyl (C=O) groups is 1. The van der Waals surface area contributed by atoms with Gasteiger partial charge < -0.3 is 5.32 Å². The van der Waals surface area contributed by atoms with Crippen LogP contribution in [0.5, 0.6) is 0 Å². The molecular weight excluding hydrogens is 496 g/mol. The third kappa shape index (κ3) is 4.90. The van der Waals surface area contributed by atoms with Crippen molar-refractivity contribution in [3.63, 3.8) is 0 Å². The summed E-state index contributed by atoms with van der Waals surface area (Å²) in [7, 11) is -7.38. The van der Waals surface area contributed by atoms with Gasteiger partial charge in [-0.15, -0.1) is 0 Å². The second-order valence-corrected chi connectivity index (χ2v) is 12.6. The van der Waals surface area contributed by atoms with Crippen molar-refractivity contribution in [2.45, 2.75) is 22.6 Å². The summed E-state index contributed by atoms with van der Waals surface area (Å²) in [5, 5.41) is 3.04. The van der Waals surface area contributed by atoms with E-state index in [1.54, 1.807) is 6.07 Å². The fraction of sp³-hybridized carbons (Fsp3) is 0.300. The Bertz CT molecular complexity index is 1450. The fourth-order valence-corrected chi connectivity index (χ4v) is 6.65. The Kier molecular flexibility index (Phi) is 6.24. The number of rotatable bonds is 5. The summed E-state index contributed by atoms with van der Waals surface area (Å²) in [6.45, 7) is 0.105. The number of hydrogen-bond donors (Lipinski definition) is 1. The highest BCUT2D eigenvalue weighted by molar-refractivity contribution is 7.90. The van der Waals surface area contributed by atoms with Gasteiger partial charge in [0, 0.05) is 25.3 Å². The first-order chi connectivity index (χ1) is 15.4. The van der Waals surface area contributed by atoms with Gasteiger partial charge in [-0.1, -0.05) is 11.3 Å². The summed E-state index contributed by atoms with van der Waals surface area (Å²) in [5.41, 5.74) is 0.551. The van der Waals surface area contributed by atoms with E-state index in [1.807, 2.05) is 0 Å². The van der Waals surface area contributed by atoms with Crippen molar-refractivity contribution < 1.29 is 30.4 Å². The molecule has 33 heavy (non-hydrogen) atoms. The molecule has 0 unspecified atom stereocenters. The van der Waals surface area contributed by atoms with E-state index in [1.165, 1.54) is 12.1 Å². The van der Waals surface area contributed by atoms with E-state index in [0.717, 1.165) is 34.0 Å². The van der Waals surface area contributed by atoms with Crippen LogP contribution in [-0.2, 0) is 24.7 Å². The lowest BCUT2D eigenvalue weighted by Gasteiger charge is -2.30. The highest BCUT2D eigenvalue weighted by Crippen LogP contribution is 2.30. The first kappa shape index (κ1) is 23.7. The number of sulfonamides is 1. The topological polar surface area (TPSA) is 114 Å². The van der Waals surface area contributed by atoms with Crippen LogP contribution >= 0.6 is 11.3 Å². The van der Waals surface area contributed by atoms with Crippen molar-refractivity contribution in [1.29, 1.82) is 0 Å². The number of thiazole rings is 1. The number of carbonyl (C=O) groups excluding carboxylic acids is 1. The average Bonchev–Trinajstić information content (AvgIpc) is 3.16. The summed E-state index contributed by atoms with van der Waals surface area (Å²) in [6, 6.07) is 6.94. The Morgan fingerprint density at radius 2 is 1.70 bits per heavy atom. The van der Waals surface area contributed by atoms with Crippen LogP contribution in [0, 0.1) is 17.6 Å². The molecule has 13 heteroatoms. The molecule has 1 aromatic heterocycles. The van der Waals surface area contributed by atoms with Crippen LogP contribution in [-0.4, -0.2) is 51.4 Å². The van der Waals surface area contributed by atoms with Crippen molar-refractivity contribution >= 4 is 52.5 Å². The molecule has 3 aromatic rings. The fourth-order valence-electron chi connectivity index (χ4n) is 3.54. The summed E-state index contributed by atoms with van der Waals surface area (Å²) in [6.07, 6.45) is 1.60. The first-order valence-corrected chi connectivity index (χ1v) is 14.0. The molecule has 2 aromatic carbocycles. The van der Waals surface area contributed by atoms with Gasteiger partial charge in [-0.05, 0) is 49.2 Å². The van der Waals surface area contributed by atoms with Gasteiger partial charge in [0.15, 0.2) is 26.6 Å². The molecule has 1 amide bonds. The lowest BCUT2D eigenvalue weighted by molar-refractivity contribution is -0.120. The number of hydrogen-bond acceptors (Lipinski definition) is 7. The van der Waals surface area contributed by atoms with E-state index in [-0.39, 0.29) is 41.6 Å². The Morgan fingerprint density at radius 3 is 2.33 bits per heavy atom. The minimum atomic E-state index is -4.01. The van der Waals surface area contributed by atoms with Gasteiger partial charge >= 0.3 is 0 Å². The van der Waals surface area contributed by atoms with Crippen LogP contribution in [0.1, 0.15) is 12.8 Å². The van der Waals surface area contributed by atoms with Crippen LogP contribution in [0.2, 0.25) is 0 Å².